The first-order valence-corrected chi connectivity index (χ1v) is 7.02. The number of anilines is 2. The minimum absolute atomic E-state index is 0.144. The molecule has 5 nitrogen and oxygen atoms in total. The van der Waals surface area contributed by atoms with Gasteiger partial charge in [0, 0.05) is 24.3 Å². The first-order valence-electron chi connectivity index (χ1n) is 6.14. The molecule has 20 heavy (non-hydrogen) atoms. The number of hydrogen-bond acceptors (Lipinski definition) is 4. The Morgan fingerprint density at radius 1 is 1.10 bits per heavy atom. The van der Waals surface area contributed by atoms with Crippen molar-refractivity contribution in [2.75, 3.05) is 17.2 Å². The fraction of sp³-hybridized carbons (Fsp3) is 0.143. The molecule has 0 radical (unpaired) electrons. The van der Waals surface area contributed by atoms with Crippen molar-refractivity contribution in [3.05, 3.63) is 46.7 Å². The van der Waals surface area contributed by atoms with Crippen molar-refractivity contribution < 1.29 is 9.59 Å². The molecule has 0 bridgehead atoms. The number of hydrogen-bond donors (Lipinski definition) is 3. The maximum absolute atomic E-state index is 11.9. The van der Waals surface area contributed by atoms with E-state index < -0.39 is 0 Å². The Kier molecular flexibility index (Phi) is 4.86. The maximum atomic E-state index is 11.9. The van der Waals surface area contributed by atoms with Gasteiger partial charge in [-0.3, -0.25) is 9.59 Å². The Morgan fingerprint density at radius 3 is 2.50 bits per heavy atom. The van der Waals surface area contributed by atoms with Crippen molar-refractivity contribution in [3.8, 4) is 0 Å². The first-order chi connectivity index (χ1) is 9.69. The number of thiophene rings is 1. The average molecular weight is 289 g/mol. The van der Waals surface area contributed by atoms with Crippen LogP contribution in [-0.2, 0) is 4.79 Å². The Labute approximate surface area is 120 Å². The summed E-state index contributed by atoms with van der Waals surface area (Å²) in [6.45, 7) is 0.306. The highest BCUT2D eigenvalue weighted by atomic mass is 32.1. The van der Waals surface area contributed by atoms with E-state index in [4.69, 9.17) is 5.73 Å². The molecule has 2 rings (SSSR count). The Morgan fingerprint density at radius 2 is 1.85 bits per heavy atom. The molecule has 0 fully saturated rings. The number of benzene rings is 1. The number of carbonyl (C=O) groups is 2. The summed E-state index contributed by atoms with van der Waals surface area (Å²) < 4.78 is 0. The fourth-order valence-electron chi connectivity index (χ4n) is 1.63. The molecule has 6 heteroatoms. The molecule has 1 aromatic carbocycles. The molecule has 0 spiro atoms. The number of carbonyl (C=O) groups excluding carboxylic acids is 2. The van der Waals surface area contributed by atoms with Crippen LogP contribution in [0.3, 0.4) is 0 Å². The summed E-state index contributed by atoms with van der Waals surface area (Å²) in [5, 5.41) is 7.35. The third-order valence-electron chi connectivity index (χ3n) is 2.52. The lowest BCUT2D eigenvalue weighted by Crippen LogP contribution is -2.16. The van der Waals surface area contributed by atoms with E-state index in [-0.39, 0.29) is 18.2 Å². The monoisotopic (exact) mass is 289 g/mol. The standard InChI is InChI=1S/C14H15N3O2S/c15-7-6-13(18)16-10-3-1-4-11(9-10)17-14(19)12-5-2-8-20-12/h1-5,8-9H,6-7,15H2,(H,16,18)(H,17,19). The minimum atomic E-state index is -0.162. The van der Waals surface area contributed by atoms with E-state index in [1.54, 1.807) is 30.3 Å². The van der Waals surface area contributed by atoms with Gasteiger partial charge in [0.25, 0.3) is 5.91 Å². The van der Waals surface area contributed by atoms with Crippen molar-refractivity contribution in [2.24, 2.45) is 5.73 Å². The molecule has 0 aliphatic heterocycles. The molecule has 2 aromatic rings. The molecule has 0 unspecified atom stereocenters. The van der Waals surface area contributed by atoms with Crippen LogP contribution in [-0.4, -0.2) is 18.4 Å². The average Bonchev–Trinajstić information content (AvgIpc) is 2.93. The van der Waals surface area contributed by atoms with Gasteiger partial charge in [-0.2, -0.15) is 0 Å². The van der Waals surface area contributed by atoms with Crippen LogP contribution in [0.25, 0.3) is 0 Å². The predicted molar refractivity (Wildman–Crippen MR) is 81.0 cm³/mol. The molecule has 2 amide bonds. The molecular weight excluding hydrogens is 274 g/mol. The summed E-state index contributed by atoms with van der Waals surface area (Å²) in [7, 11) is 0. The van der Waals surface area contributed by atoms with E-state index in [2.05, 4.69) is 10.6 Å². The summed E-state index contributed by atoms with van der Waals surface area (Å²) in [4.78, 5) is 24.0. The molecule has 0 aliphatic rings. The van der Waals surface area contributed by atoms with Crippen molar-refractivity contribution >= 4 is 34.5 Å². The zero-order chi connectivity index (χ0) is 14.4. The van der Waals surface area contributed by atoms with Crippen molar-refractivity contribution in [1.29, 1.82) is 0 Å². The predicted octanol–water partition coefficient (Wildman–Crippen LogP) is 2.29. The second-order valence-electron chi connectivity index (χ2n) is 4.10. The SMILES string of the molecule is NCCC(=O)Nc1cccc(NC(=O)c2cccs2)c1. The summed E-state index contributed by atoms with van der Waals surface area (Å²) >= 11 is 1.38. The lowest BCUT2D eigenvalue weighted by atomic mass is 10.2. The van der Waals surface area contributed by atoms with Gasteiger partial charge < -0.3 is 16.4 Å². The van der Waals surface area contributed by atoms with Gasteiger partial charge >= 0.3 is 0 Å². The van der Waals surface area contributed by atoms with Crippen LogP contribution in [0.5, 0.6) is 0 Å². The van der Waals surface area contributed by atoms with Gasteiger partial charge in [0.15, 0.2) is 0 Å². The Hall–Kier alpha value is -2.18. The summed E-state index contributed by atoms with van der Waals surface area (Å²) in [5.74, 6) is -0.306. The zero-order valence-corrected chi connectivity index (χ0v) is 11.6. The topological polar surface area (TPSA) is 84.2 Å². The second-order valence-corrected chi connectivity index (χ2v) is 5.05. The summed E-state index contributed by atoms with van der Waals surface area (Å²) in [6, 6.07) is 10.6. The highest BCUT2D eigenvalue weighted by Crippen LogP contribution is 2.17. The molecule has 1 heterocycles. The maximum Gasteiger partial charge on any atom is 0.265 e. The highest BCUT2D eigenvalue weighted by molar-refractivity contribution is 7.12. The van der Waals surface area contributed by atoms with Crippen molar-refractivity contribution in [2.45, 2.75) is 6.42 Å². The number of rotatable bonds is 5. The molecule has 104 valence electrons. The van der Waals surface area contributed by atoms with Gasteiger partial charge in [0.05, 0.1) is 4.88 Å². The zero-order valence-electron chi connectivity index (χ0n) is 10.8. The molecule has 0 saturated heterocycles. The van der Waals surface area contributed by atoms with E-state index in [0.717, 1.165) is 0 Å². The fourth-order valence-corrected chi connectivity index (χ4v) is 2.25. The van der Waals surface area contributed by atoms with Crippen LogP contribution in [0, 0.1) is 0 Å². The molecule has 4 N–H and O–H groups in total. The van der Waals surface area contributed by atoms with E-state index in [1.165, 1.54) is 11.3 Å². The number of nitrogens with one attached hydrogen (secondary N) is 2. The van der Waals surface area contributed by atoms with Crippen LogP contribution in [0.4, 0.5) is 11.4 Å². The van der Waals surface area contributed by atoms with Crippen LogP contribution < -0.4 is 16.4 Å². The minimum Gasteiger partial charge on any atom is -0.330 e. The van der Waals surface area contributed by atoms with Crippen molar-refractivity contribution in [3.63, 3.8) is 0 Å². The molecule has 0 aliphatic carbocycles. The molecule has 0 atom stereocenters. The third-order valence-corrected chi connectivity index (χ3v) is 3.39. The highest BCUT2D eigenvalue weighted by Gasteiger charge is 2.07. The van der Waals surface area contributed by atoms with Gasteiger partial charge in [-0.15, -0.1) is 11.3 Å². The van der Waals surface area contributed by atoms with Gasteiger partial charge in [0.1, 0.15) is 0 Å². The molecule has 0 saturated carbocycles. The van der Waals surface area contributed by atoms with E-state index >= 15 is 0 Å². The van der Waals surface area contributed by atoms with Crippen LogP contribution in [0.1, 0.15) is 16.1 Å². The summed E-state index contributed by atoms with van der Waals surface area (Å²) in [5.41, 5.74) is 6.58. The van der Waals surface area contributed by atoms with Gasteiger partial charge in [-0.1, -0.05) is 12.1 Å². The van der Waals surface area contributed by atoms with E-state index in [1.807, 2.05) is 11.4 Å². The molecular formula is C14H15N3O2S. The third kappa shape index (κ3) is 3.91. The van der Waals surface area contributed by atoms with E-state index in [9.17, 15) is 9.59 Å². The Balaban J connectivity index is 2.02. The quantitative estimate of drug-likeness (QED) is 0.789. The van der Waals surface area contributed by atoms with Gasteiger partial charge in [-0.05, 0) is 29.6 Å². The first kappa shape index (κ1) is 14.2. The van der Waals surface area contributed by atoms with Crippen LogP contribution >= 0.6 is 11.3 Å². The summed E-state index contributed by atoms with van der Waals surface area (Å²) in [6.07, 6.45) is 0.270. The lowest BCUT2D eigenvalue weighted by molar-refractivity contribution is -0.116. The van der Waals surface area contributed by atoms with Crippen LogP contribution in [0.2, 0.25) is 0 Å². The van der Waals surface area contributed by atoms with E-state index in [0.29, 0.717) is 22.8 Å². The number of nitrogens with two attached hydrogens (primary N) is 1. The van der Waals surface area contributed by atoms with Gasteiger partial charge in [0.2, 0.25) is 5.91 Å². The van der Waals surface area contributed by atoms with Crippen LogP contribution in [0.15, 0.2) is 41.8 Å². The largest absolute Gasteiger partial charge is 0.330 e. The number of amides is 2. The van der Waals surface area contributed by atoms with Gasteiger partial charge in [-0.25, -0.2) is 0 Å². The normalized spacial score (nSPS) is 10.1. The lowest BCUT2D eigenvalue weighted by Gasteiger charge is -2.08. The second kappa shape index (κ2) is 6.83. The Bertz CT molecular complexity index is 596. The smallest absolute Gasteiger partial charge is 0.265 e. The van der Waals surface area contributed by atoms with Crippen molar-refractivity contribution in [1.82, 2.24) is 0 Å². The molecule has 1 aromatic heterocycles.